The van der Waals surface area contributed by atoms with Crippen LogP contribution in [0.25, 0.3) is 0 Å². The lowest BCUT2D eigenvalue weighted by molar-refractivity contribution is 0.0595. The molecule has 0 fully saturated rings. The zero-order chi connectivity index (χ0) is 19.1. The Balaban J connectivity index is 2.22. The number of ether oxygens (including phenoxy) is 2. The second kappa shape index (κ2) is 9.01. The van der Waals surface area contributed by atoms with Crippen molar-refractivity contribution in [3.05, 3.63) is 59.2 Å². The molecule has 1 amide bonds. The van der Waals surface area contributed by atoms with E-state index in [9.17, 15) is 9.59 Å². The van der Waals surface area contributed by atoms with Crippen molar-refractivity contribution in [3.63, 3.8) is 0 Å². The third-order valence-corrected chi connectivity index (χ3v) is 3.84. The molecule has 138 valence electrons. The summed E-state index contributed by atoms with van der Waals surface area (Å²) in [7, 11) is 5.17. The number of nitrogens with zero attached hydrogens (tertiary/aromatic N) is 1. The molecule has 6 nitrogen and oxygen atoms in total. The minimum absolute atomic E-state index is 0.226. The average Bonchev–Trinajstić information content (AvgIpc) is 2.62. The van der Waals surface area contributed by atoms with E-state index in [4.69, 9.17) is 9.47 Å². The Morgan fingerprint density at radius 1 is 1.12 bits per heavy atom. The van der Waals surface area contributed by atoms with Gasteiger partial charge < -0.3 is 19.7 Å². The highest BCUT2D eigenvalue weighted by Crippen LogP contribution is 2.22. The molecule has 0 aliphatic carbocycles. The molecule has 26 heavy (non-hydrogen) atoms. The predicted molar refractivity (Wildman–Crippen MR) is 101 cm³/mol. The summed E-state index contributed by atoms with van der Waals surface area (Å²) in [6.07, 6.45) is 0. The predicted octanol–water partition coefficient (Wildman–Crippen LogP) is 2.97. The summed E-state index contributed by atoms with van der Waals surface area (Å²) in [5.74, 6) is -0.453. The van der Waals surface area contributed by atoms with Crippen molar-refractivity contribution in [1.29, 1.82) is 0 Å². The van der Waals surface area contributed by atoms with Crippen LogP contribution in [0.2, 0.25) is 0 Å². The van der Waals surface area contributed by atoms with Crippen molar-refractivity contribution < 1.29 is 19.1 Å². The van der Waals surface area contributed by atoms with Crippen LogP contribution in [-0.2, 0) is 4.74 Å². The third-order valence-electron chi connectivity index (χ3n) is 3.84. The Morgan fingerprint density at radius 2 is 1.85 bits per heavy atom. The van der Waals surface area contributed by atoms with Crippen molar-refractivity contribution in [2.24, 2.45) is 0 Å². The van der Waals surface area contributed by atoms with Gasteiger partial charge in [0.1, 0.15) is 17.9 Å². The summed E-state index contributed by atoms with van der Waals surface area (Å²) in [4.78, 5) is 26.6. The van der Waals surface area contributed by atoms with Gasteiger partial charge >= 0.3 is 5.97 Å². The maximum Gasteiger partial charge on any atom is 0.341 e. The van der Waals surface area contributed by atoms with Crippen LogP contribution >= 0.6 is 0 Å². The van der Waals surface area contributed by atoms with Crippen LogP contribution < -0.4 is 10.1 Å². The lowest BCUT2D eigenvalue weighted by Gasteiger charge is -2.14. The number of carbonyl (C=O) groups is 2. The van der Waals surface area contributed by atoms with E-state index < -0.39 is 5.97 Å². The van der Waals surface area contributed by atoms with Gasteiger partial charge in [-0.1, -0.05) is 18.2 Å². The van der Waals surface area contributed by atoms with E-state index in [0.717, 1.165) is 11.3 Å². The molecule has 2 rings (SSSR count). The summed E-state index contributed by atoms with van der Waals surface area (Å²) in [5.41, 5.74) is 2.26. The molecule has 0 bridgehead atoms. The highest BCUT2D eigenvalue weighted by atomic mass is 16.5. The summed E-state index contributed by atoms with van der Waals surface area (Å²) in [5, 5.41) is 2.85. The molecule has 6 heteroatoms. The molecule has 0 heterocycles. The number of methoxy groups -OCH3 is 1. The van der Waals surface area contributed by atoms with Crippen LogP contribution in [-0.4, -0.2) is 51.1 Å². The highest BCUT2D eigenvalue weighted by molar-refractivity contribution is 6.06. The summed E-state index contributed by atoms with van der Waals surface area (Å²) < 4.78 is 10.5. The van der Waals surface area contributed by atoms with Crippen molar-refractivity contribution in [2.45, 2.75) is 6.92 Å². The molecule has 0 saturated carbocycles. The molecule has 0 aliphatic heterocycles. The molecule has 0 atom stereocenters. The number of hydrogen-bond acceptors (Lipinski definition) is 5. The number of carbonyl (C=O) groups excluding carboxylic acids is 2. The first-order valence-electron chi connectivity index (χ1n) is 8.29. The Kier molecular flexibility index (Phi) is 6.74. The first kappa shape index (κ1) is 19.5. The Morgan fingerprint density at radius 3 is 2.50 bits per heavy atom. The molecular formula is C20H24N2O4. The fraction of sp³-hybridized carbons (Fsp3) is 0.300. The lowest BCUT2D eigenvalue weighted by atomic mass is 10.1. The van der Waals surface area contributed by atoms with Crippen LogP contribution in [0.4, 0.5) is 5.69 Å². The van der Waals surface area contributed by atoms with E-state index in [1.165, 1.54) is 13.2 Å². The van der Waals surface area contributed by atoms with E-state index in [-0.39, 0.29) is 11.5 Å². The fourth-order valence-corrected chi connectivity index (χ4v) is 2.31. The zero-order valence-electron chi connectivity index (χ0n) is 15.5. The number of anilines is 1. The normalized spacial score (nSPS) is 10.5. The molecule has 1 N–H and O–H groups in total. The van der Waals surface area contributed by atoms with Gasteiger partial charge in [-0.3, -0.25) is 4.79 Å². The monoisotopic (exact) mass is 356 g/mol. The van der Waals surface area contributed by atoms with Crippen molar-refractivity contribution in [1.82, 2.24) is 4.90 Å². The largest absolute Gasteiger partial charge is 0.491 e. The molecule has 0 radical (unpaired) electrons. The second-order valence-electron chi connectivity index (χ2n) is 6.12. The van der Waals surface area contributed by atoms with Gasteiger partial charge in [-0.15, -0.1) is 0 Å². The van der Waals surface area contributed by atoms with Gasteiger partial charge in [-0.25, -0.2) is 4.79 Å². The van der Waals surface area contributed by atoms with Gasteiger partial charge in [0.15, 0.2) is 0 Å². The van der Waals surface area contributed by atoms with Crippen LogP contribution in [0.3, 0.4) is 0 Å². The number of esters is 1. The number of para-hydroxylation sites is 1. The van der Waals surface area contributed by atoms with Gasteiger partial charge in [-0.05, 0) is 50.8 Å². The lowest BCUT2D eigenvalue weighted by Crippen LogP contribution is -2.20. The minimum Gasteiger partial charge on any atom is -0.491 e. The Labute approximate surface area is 153 Å². The van der Waals surface area contributed by atoms with Gasteiger partial charge in [0.2, 0.25) is 0 Å². The SMILES string of the molecule is COC(=O)c1cc(C(=O)Nc2ccccc2C)ccc1OCCN(C)C. The molecule has 0 saturated heterocycles. The molecule has 2 aromatic carbocycles. The van der Waals surface area contributed by atoms with E-state index in [0.29, 0.717) is 24.5 Å². The maximum absolute atomic E-state index is 12.5. The molecule has 0 aromatic heterocycles. The topological polar surface area (TPSA) is 67.9 Å². The van der Waals surface area contributed by atoms with E-state index in [2.05, 4.69) is 5.32 Å². The number of rotatable bonds is 7. The Bertz CT molecular complexity index is 787. The molecule has 0 spiro atoms. The van der Waals surface area contributed by atoms with Gasteiger partial charge in [0.05, 0.1) is 7.11 Å². The van der Waals surface area contributed by atoms with Gasteiger partial charge in [0, 0.05) is 17.8 Å². The molecule has 0 unspecified atom stereocenters. The van der Waals surface area contributed by atoms with Crippen LogP contribution in [0, 0.1) is 6.92 Å². The van der Waals surface area contributed by atoms with Crippen LogP contribution in [0.15, 0.2) is 42.5 Å². The number of aryl methyl sites for hydroxylation is 1. The number of nitrogens with one attached hydrogen (secondary N) is 1. The van der Waals surface area contributed by atoms with Gasteiger partial charge in [0.25, 0.3) is 5.91 Å². The third kappa shape index (κ3) is 5.07. The first-order chi connectivity index (χ1) is 12.4. The smallest absolute Gasteiger partial charge is 0.341 e. The Hall–Kier alpha value is -2.86. The standard InChI is InChI=1S/C20H24N2O4/c1-14-7-5-6-8-17(14)21-19(23)15-9-10-18(26-12-11-22(2)3)16(13-15)20(24)25-4/h5-10,13H,11-12H2,1-4H3,(H,21,23). The van der Waals surface area contributed by atoms with E-state index in [1.807, 2.05) is 50.2 Å². The number of amides is 1. The first-order valence-corrected chi connectivity index (χ1v) is 8.29. The highest BCUT2D eigenvalue weighted by Gasteiger charge is 2.17. The quantitative estimate of drug-likeness (QED) is 0.773. The van der Waals surface area contributed by atoms with Crippen molar-refractivity contribution in [2.75, 3.05) is 39.7 Å². The molecule has 2 aromatic rings. The van der Waals surface area contributed by atoms with Crippen LogP contribution in [0.5, 0.6) is 5.75 Å². The molecule has 0 aliphatic rings. The maximum atomic E-state index is 12.5. The fourth-order valence-electron chi connectivity index (χ4n) is 2.31. The number of likely N-dealkylation sites (N-methyl/N-ethyl adjacent to an activating group) is 1. The van der Waals surface area contributed by atoms with E-state index in [1.54, 1.807) is 12.1 Å². The van der Waals surface area contributed by atoms with Crippen molar-refractivity contribution in [3.8, 4) is 5.75 Å². The van der Waals surface area contributed by atoms with E-state index >= 15 is 0 Å². The zero-order valence-corrected chi connectivity index (χ0v) is 15.5. The van der Waals surface area contributed by atoms with Gasteiger partial charge in [-0.2, -0.15) is 0 Å². The number of hydrogen-bond donors (Lipinski definition) is 1. The minimum atomic E-state index is -0.546. The second-order valence-corrected chi connectivity index (χ2v) is 6.12. The summed E-state index contributed by atoms with van der Waals surface area (Å²) >= 11 is 0. The molecular weight excluding hydrogens is 332 g/mol. The van der Waals surface area contributed by atoms with Crippen molar-refractivity contribution >= 4 is 17.6 Å². The summed E-state index contributed by atoms with van der Waals surface area (Å²) in [6, 6.07) is 12.2. The number of benzene rings is 2. The summed E-state index contributed by atoms with van der Waals surface area (Å²) in [6.45, 7) is 3.04. The average molecular weight is 356 g/mol. The van der Waals surface area contributed by atoms with Crippen LogP contribution in [0.1, 0.15) is 26.3 Å².